The summed E-state index contributed by atoms with van der Waals surface area (Å²) in [6, 6.07) is 17.5. The maximum absolute atomic E-state index is 12.9. The molecule has 166 valence electrons. The van der Waals surface area contributed by atoms with E-state index in [4.69, 9.17) is 46.4 Å². The highest BCUT2D eigenvalue weighted by Gasteiger charge is 2.39. The number of imide groups is 1. The second-order valence-corrected chi connectivity index (χ2v) is 8.47. The van der Waals surface area contributed by atoms with Crippen molar-refractivity contribution in [3.05, 3.63) is 98.1 Å². The molecule has 0 bridgehead atoms. The predicted octanol–water partition coefficient (Wildman–Crippen LogP) is 6.33. The molecule has 2 N–H and O–H groups in total. The van der Waals surface area contributed by atoms with Crippen molar-refractivity contribution in [3.8, 4) is 0 Å². The molecule has 4 rings (SSSR count). The molecule has 0 aromatic heterocycles. The van der Waals surface area contributed by atoms with Crippen molar-refractivity contribution in [1.82, 2.24) is 0 Å². The molecule has 1 heterocycles. The number of benzene rings is 3. The topological polar surface area (TPSA) is 78.5 Å². The van der Waals surface area contributed by atoms with Gasteiger partial charge in [-0.1, -0.05) is 64.6 Å². The van der Waals surface area contributed by atoms with E-state index in [1.54, 1.807) is 54.6 Å². The van der Waals surface area contributed by atoms with Crippen LogP contribution in [-0.2, 0) is 9.59 Å². The fourth-order valence-electron chi connectivity index (χ4n) is 3.12. The highest BCUT2D eigenvalue weighted by molar-refractivity contribution is 6.53. The number of anilines is 3. The number of hydrogen-bond acceptors (Lipinski definition) is 4. The molecule has 0 atom stereocenters. The van der Waals surface area contributed by atoms with Gasteiger partial charge in [-0.3, -0.25) is 14.4 Å². The first kappa shape index (κ1) is 23.1. The van der Waals surface area contributed by atoms with Crippen LogP contribution in [0.25, 0.3) is 0 Å². The largest absolute Gasteiger partial charge is 0.350 e. The second-order valence-electron chi connectivity index (χ2n) is 6.87. The van der Waals surface area contributed by atoms with E-state index in [0.29, 0.717) is 27.0 Å². The van der Waals surface area contributed by atoms with E-state index in [2.05, 4.69) is 10.6 Å². The van der Waals surface area contributed by atoms with E-state index >= 15 is 0 Å². The third-order valence-corrected chi connectivity index (χ3v) is 6.10. The fraction of sp³-hybridized carbons (Fsp3) is 0. The first-order valence-electron chi connectivity index (χ1n) is 9.43. The van der Waals surface area contributed by atoms with Crippen LogP contribution in [0.15, 0.2) is 77.5 Å². The summed E-state index contributed by atoms with van der Waals surface area (Å²) in [6.07, 6.45) is 0. The van der Waals surface area contributed by atoms with Gasteiger partial charge in [0.1, 0.15) is 10.7 Å². The fourth-order valence-corrected chi connectivity index (χ4v) is 3.85. The van der Waals surface area contributed by atoms with Gasteiger partial charge in [0.05, 0.1) is 20.8 Å². The summed E-state index contributed by atoms with van der Waals surface area (Å²) in [6.45, 7) is 0. The average Bonchev–Trinajstić information content (AvgIpc) is 3.00. The third-order valence-electron chi connectivity index (χ3n) is 4.69. The van der Waals surface area contributed by atoms with Crippen molar-refractivity contribution in [2.75, 3.05) is 15.5 Å². The summed E-state index contributed by atoms with van der Waals surface area (Å²) in [5.74, 6) is -1.78. The minimum Gasteiger partial charge on any atom is -0.350 e. The van der Waals surface area contributed by atoms with Crippen molar-refractivity contribution in [3.63, 3.8) is 0 Å². The Kier molecular flexibility index (Phi) is 6.63. The molecule has 3 amide bonds. The molecule has 0 saturated heterocycles. The van der Waals surface area contributed by atoms with E-state index in [1.807, 2.05) is 0 Å². The van der Waals surface area contributed by atoms with Crippen LogP contribution in [-0.4, -0.2) is 17.7 Å². The summed E-state index contributed by atoms with van der Waals surface area (Å²) in [5, 5.41) is 6.17. The molecule has 1 aliphatic heterocycles. The predicted molar refractivity (Wildman–Crippen MR) is 131 cm³/mol. The number of nitrogens with one attached hydrogen (secondary N) is 2. The normalized spacial score (nSPS) is 13.5. The smallest absolute Gasteiger partial charge is 0.283 e. The van der Waals surface area contributed by atoms with Gasteiger partial charge in [0, 0.05) is 16.9 Å². The standard InChI is InChI=1S/C23H13Cl4N3O3/c24-15-9-8-14(11-17(15)26)29-21(31)12-4-3-5-13(10-12)28-20-19(27)22(32)30(23(20)33)18-7-2-1-6-16(18)25/h1-11,28H,(H,29,31). The Balaban J connectivity index is 1.55. The maximum Gasteiger partial charge on any atom is 0.283 e. The van der Waals surface area contributed by atoms with Crippen molar-refractivity contribution in [2.24, 2.45) is 0 Å². The highest BCUT2D eigenvalue weighted by atomic mass is 35.5. The zero-order chi connectivity index (χ0) is 23.7. The molecule has 0 fully saturated rings. The molecule has 0 spiro atoms. The van der Waals surface area contributed by atoms with Crippen LogP contribution < -0.4 is 15.5 Å². The first-order chi connectivity index (χ1) is 15.8. The summed E-state index contributed by atoms with van der Waals surface area (Å²) in [5.41, 5.74) is 1.24. The van der Waals surface area contributed by atoms with Crippen molar-refractivity contribution >= 4 is 81.2 Å². The van der Waals surface area contributed by atoms with Crippen molar-refractivity contribution < 1.29 is 14.4 Å². The zero-order valence-electron chi connectivity index (χ0n) is 16.5. The van der Waals surface area contributed by atoms with Gasteiger partial charge in [0.15, 0.2) is 0 Å². The lowest BCUT2D eigenvalue weighted by molar-refractivity contribution is -0.120. The molecule has 0 aliphatic carbocycles. The number of amides is 3. The van der Waals surface area contributed by atoms with Crippen LogP contribution in [0.3, 0.4) is 0 Å². The summed E-state index contributed by atoms with van der Waals surface area (Å²) in [7, 11) is 0. The van der Waals surface area contributed by atoms with E-state index in [-0.39, 0.29) is 21.4 Å². The van der Waals surface area contributed by atoms with E-state index < -0.39 is 17.7 Å². The van der Waals surface area contributed by atoms with E-state index in [1.165, 1.54) is 12.1 Å². The molecule has 0 unspecified atom stereocenters. The average molecular weight is 521 g/mol. The Hall–Kier alpha value is -3.03. The van der Waals surface area contributed by atoms with Gasteiger partial charge in [-0.15, -0.1) is 0 Å². The molecule has 1 aliphatic rings. The van der Waals surface area contributed by atoms with Gasteiger partial charge in [-0.2, -0.15) is 0 Å². The highest BCUT2D eigenvalue weighted by Crippen LogP contribution is 2.34. The summed E-state index contributed by atoms with van der Waals surface area (Å²) < 4.78 is 0. The third kappa shape index (κ3) is 4.70. The number of para-hydroxylation sites is 1. The lowest BCUT2D eigenvalue weighted by Crippen LogP contribution is -2.32. The van der Waals surface area contributed by atoms with Crippen LogP contribution in [0.1, 0.15) is 10.4 Å². The minimum atomic E-state index is -0.703. The molecule has 3 aromatic carbocycles. The molecular weight excluding hydrogens is 508 g/mol. The maximum atomic E-state index is 12.9. The molecular formula is C23H13Cl4N3O3. The number of hydrogen-bond donors (Lipinski definition) is 2. The van der Waals surface area contributed by atoms with Gasteiger partial charge in [-0.05, 0) is 48.5 Å². The molecule has 33 heavy (non-hydrogen) atoms. The molecule has 0 saturated carbocycles. The van der Waals surface area contributed by atoms with Gasteiger partial charge < -0.3 is 10.6 Å². The van der Waals surface area contributed by atoms with E-state index in [9.17, 15) is 14.4 Å². The monoisotopic (exact) mass is 519 g/mol. The molecule has 0 radical (unpaired) electrons. The SMILES string of the molecule is O=C(Nc1ccc(Cl)c(Cl)c1)c1cccc(NC2=C(Cl)C(=O)N(c3ccccc3Cl)C2=O)c1. The van der Waals surface area contributed by atoms with Gasteiger partial charge in [-0.25, -0.2) is 4.90 Å². The zero-order valence-corrected chi connectivity index (χ0v) is 19.6. The summed E-state index contributed by atoms with van der Waals surface area (Å²) >= 11 is 24.2. The lowest BCUT2D eigenvalue weighted by atomic mass is 10.1. The minimum absolute atomic E-state index is 0.122. The van der Waals surface area contributed by atoms with Crippen molar-refractivity contribution in [2.45, 2.75) is 0 Å². The van der Waals surface area contributed by atoms with Crippen LogP contribution >= 0.6 is 46.4 Å². The van der Waals surface area contributed by atoms with Crippen LogP contribution in [0.2, 0.25) is 15.1 Å². The number of nitrogens with zero attached hydrogens (tertiary/aromatic N) is 1. The molecule has 6 nitrogen and oxygen atoms in total. The number of carbonyl (C=O) groups is 3. The Morgan fingerprint density at radius 1 is 0.727 bits per heavy atom. The number of carbonyl (C=O) groups excluding carboxylic acids is 3. The van der Waals surface area contributed by atoms with Crippen LogP contribution in [0, 0.1) is 0 Å². The van der Waals surface area contributed by atoms with Crippen LogP contribution in [0.5, 0.6) is 0 Å². The lowest BCUT2D eigenvalue weighted by Gasteiger charge is -2.16. The Morgan fingerprint density at radius 2 is 1.48 bits per heavy atom. The van der Waals surface area contributed by atoms with Gasteiger partial charge in [0.2, 0.25) is 0 Å². The Bertz CT molecular complexity index is 1340. The quantitative estimate of drug-likeness (QED) is 0.385. The Morgan fingerprint density at radius 3 is 2.21 bits per heavy atom. The number of rotatable bonds is 5. The first-order valence-corrected chi connectivity index (χ1v) is 10.9. The molecule has 3 aromatic rings. The second kappa shape index (κ2) is 9.45. The Labute approximate surface area is 208 Å². The van der Waals surface area contributed by atoms with Gasteiger partial charge in [0.25, 0.3) is 17.7 Å². The number of halogens is 4. The van der Waals surface area contributed by atoms with E-state index in [0.717, 1.165) is 4.90 Å². The summed E-state index contributed by atoms with van der Waals surface area (Å²) in [4.78, 5) is 39.1. The van der Waals surface area contributed by atoms with Gasteiger partial charge >= 0.3 is 0 Å². The van der Waals surface area contributed by atoms with Crippen LogP contribution in [0.4, 0.5) is 17.1 Å². The van der Waals surface area contributed by atoms with Crippen molar-refractivity contribution in [1.29, 1.82) is 0 Å². The molecule has 10 heteroatoms.